The molecule has 1 unspecified atom stereocenters. The van der Waals surface area contributed by atoms with Gasteiger partial charge in [0.2, 0.25) is 0 Å². The minimum absolute atomic E-state index is 0.0677. The van der Waals surface area contributed by atoms with Crippen molar-refractivity contribution in [1.29, 1.82) is 0 Å². The summed E-state index contributed by atoms with van der Waals surface area (Å²) in [7, 11) is 0. The van der Waals surface area contributed by atoms with E-state index in [1.54, 1.807) is 11.3 Å². The minimum atomic E-state index is -0.0677. The molecule has 1 saturated heterocycles. The third-order valence-corrected chi connectivity index (χ3v) is 6.63. The molecule has 29 heavy (non-hydrogen) atoms. The highest BCUT2D eigenvalue weighted by Crippen LogP contribution is 2.42. The van der Waals surface area contributed by atoms with Crippen LogP contribution in [0.15, 0.2) is 60.7 Å². The van der Waals surface area contributed by atoms with Gasteiger partial charge in [0.05, 0.1) is 19.3 Å². The van der Waals surface area contributed by atoms with Crippen LogP contribution in [0.4, 0.5) is 5.00 Å². The first-order valence-corrected chi connectivity index (χ1v) is 10.8. The fourth-order valence-electron chi connectivity index (χ4n) is 3.86. The van der Waals surface area contributed by atoms with Crippen LogP contribution < -0.4 is 5.32 Å². The van der Waals surface area contributed by atoms with Crippen molar-refractivity contribution in [1.82, 2.24) is 4.90 Å². The molecule has 1 N–H and O–H groups in total. The maximum absolute atomic E-state index is 12.9. The summed E-state index contributed by atoms with van der Waals surface area (Å²) >= 11 is 1.66. The summed E-state index contributed by atoms with van der Waals surface area (Å²) in [5, 5.41) is 4.14. The molecule has 0 radical (unpaired) electrons. The van der Waals surface area contributed by atoms with Gasteiger partial charge in [-0.25, -0.2) is 0 Å². The lowest BCUT2D eigenvalue weighted by molar-refractivity contribution is 0.0240. The van der Waals surface area contributed by atoms with Gasteiger partial charge in [-0.2, -0.15) is 0 Å². The zero-order chi connectivity index (χ0) is 20.2. The molecule has 4 nitrogen and oxygen atoms in total. The van der Waals surface area contributed by atoms with Crippen LogP contribution in [0.5, 0.6) is 0 Å². The van der Waals surface area contributed by atoms with Gasteiger partial charge in [0.1, 0.15) is 5.00 Å². The summed E-state index contributed by atoms with van der Waals surface area (Å²) in [6.45, 7) is 7.51. The average molecular weight is 407 g/mol. The predicted molar refractivity (Wildman–Crippen MR) is 119 cm³/mol. The normalized spacial score (nSPS) is 15.8. The number of amides is 1. The highest BCUT2D eigenvalue weighted by Gasteiger charge is 2.30. The fourth-order valence-corrected chi connectivity index (χ4v) is 4.95. The van der Waals surface area contributed by atoms with Crippen LogP contribution in [-0.2, 0) is 4.74 Å². The number of thiophene rings is 1. The average Bonchev–Trinajstić information content (AvgIpc) is 3.04. The van der Waals surface area contributed by atoms with Crippen LogP contribution in [0.3, 0.4) is 0 Å². The molecule has 4 rings (SSSR count). The van der Waals surface area contributed by atoms with E-state index in [-0.39, 0.29) is 11.9 Å². The summed E-state index contributed by atoms with van der Waals surface area (Å²) < 4.78 is 5.60. The second-order valence-electron chi connectivity index (χ2n) is 7.31. The Labute approximate surface area is 176 Å². The number of ether oxygens (including phenoxy) is 1. The van der Waals surface area contributed by atoms with E-state index < -0.39 is 0 Å². The van der Waals surface area contributed by atoms with Crippen LogP contribution in [0.25, 0.3) is 0 Å². The lowest BCUT2D eigenvalue weighted by Gasteiger charge is -2.35. The van der Waals surface area contributed by atoms with Gasteiger partial charge in [0.15, 0.2) is 0 Å². The quantitative estimate of drug-likeness (QED) is 0.645. The molecule has 1 atom stereocenters. The van der Waals surface area contributed by atoms with Crippen molar-refractivity contribution in [3.8, 4) is 0 Å². The van der Waals surface area contributed by atoms with Gasteiger partial charge in [-0.15, -0.1) is 11.3 Å². The molecule has 1 aromatic heterocycles. The highest BCUT2D eigenvalue weighted by molar-refractivity contribution is 7.16. The van der Waals surface area contributed by atoms with Gasteiger partial charge in [0.25, 0.3) is 5.91 Å². The second-order valence-corrected chi connectivity index (χ2v) is 8.53. The molecule has 5 heteroatoms. The molecule has 1 aliphatic heterocycles. The fraction of sp³-hybridized carbons (Fsp3) is 0.292. The molecule has 0 aliphatic carbocycles. The summed E-state index contributed by atoms with van der Waals surface area (Å²) in [6.07, 6.45) is 0. The Morgan fingerprint density at radius 2 is 1.62 bits per heavy atom. The highest BCUT2D eigenvalue weighted by atomic mass is 32.1. The first-order valence-electron chi connectivity index (χ1n) is 9.98. The lowest BCUT2D eigenvalue weighted by atomic mass is 9.94. The van der Waals surface area contributed by atoms with Gasteiger partial charge >= 0.3 is 0 Å². The van der Waals surface area contributed by atoms with Crippen LogP contribution >= 0.6 is 11.3 Å². The van der Waals surface area contributed by atoms with Gasteiger partial charge < -0.3 is 10.1 Å². The third-order valence-electron chi connectivity index (χ3n) is 5.49. The number of nitrogens with zero attached hydrogens (tertiary/aromatic N) is 1. The van der Waals surface area contributed by atoms with Gasteiger partial charge in [0, 0.05) is 29.1 Å². The van der Waals surface area contributed by atoms with Crippen molar-refractivity contribution in [2.24, 2.45) is 0 Å². The molecule has 1 amide bonds. The van der Waals surface area contributed by atoms with E-state index in [1.165, 1.54) is 21.6 Å². The Balaban J connectivity index is 1.75. The van der Waals surface area contributed by atoms with E-state index in [9.17, 15) is 4.79 Å². The van der Waals surface area contributed by atoms with Gasteiger partial charge in [-0.05, 0) is 37.1 Å². The Bertz CT molecular complexity index is 963. The Kier molecular flexibility index (Phi) is 6.09. The molecule has 1 fully saturated rings. The number of morpholine rings is 1. The Hall–Kier alpha value is -2.47. The number of nitrogens with one attached hydrogen (secondary N) is 1. The third kappa shape index (κ3) is 4.27. The number of hydrogen-bond acceptors (Lipinski definition) is 4. The predicted octanol–water partition coefficient (Wildman–Crippen LogP) is 5.04. The van der Waals surface area contributed by atoms with Crippen LogP contribution in [0.1, 0.15) is 38.0 Å². The Morgan fingerprint density at radius 3 is 2.28 bits per heavy atom. The van der Waals surface area contributed by atoms with E-state index in [0.717, 1.165) is 31.3 Å². The first-order chi connectivity index (χ1) is 14.1. The Morgan fingerprint density at radius 1 is 1.00 bits per heavy atom. The number of carbonyl (C=O) groups is 1. The van der Waals surface area contributed by atoms with Crippen LogP contribution in [0.2, 0.25) is 0 Å². The van der Waals surface area contributed by atoms with E-state index in [4.69, 9.17) is 4.74 Å². The number of carbonyl (C=O) groups excluding carboxylic acids is 1. The summed E-state index contributed by atoms with van der Waals surface area (Å²) in [4.78, 5) is 16.6. The SMILES string of the molecule is Cc1sc(NC(=O)c2ccccc2)c(C(c2ccccc2)N2CCOCC2)c1C. The van der Waals surface area contributed by atoms with Crippen LogP contribution in [-0.4, -0.2) is 37.1 Å². The molecule has 150 valence electrons. The van der Waals surface area contributed by atoms with Crippen molar-refractivity contribution in [3.05, 3.63) is 87.8 Å². The topological polar surface area (TPSA) is 41.6 Å². The molecule has 0 spiro atoms. The maximum atomic E-state index is 12.9. The molecule has 0 saturated carbocycles. The van der Waals surface area contributed by atoms with Crippen molar-refractivity contribution < 1.29 is 9.53 Å². The molecule has 1 aliphatic rings. The van der Waals surface area contributed by atoms with Crippen molar-refractivity contribution in [2.45, 2.75) is 19.9 Å². The van der Waals surface area contributed by atoms with E-state index in [1.807, 2.05) is 36.4 Å². The number of benzene rings is 2. The standard InChI is InChI=1S/C24H26N2O2S/c1-17-18(2)29-24(25-23(27)20-11-7-4-8-12-20)21(17)22(19-9-5-3-6-10-19)26-13-15-28-16-14-26/h3-12,22H,13-16H2,1-2H3,(H,25,27). The summed E-state index contributed by atoms with van der Waals surface area (Å²) in [5.74, 6) is -0.0677. The molecule has 0 bridgehead atoms. The van der Waals surface area contributed by atoms with E-state index >= 15 is 0 Å². The van der Waals surface area contributed by atoms with Crippen molar-refractivity contribution in [2.75, 3.05) is 31.6 Å². The largest absolute Gasteiger partial charge is 0.379 e. The summed E-state index contributed by atoms with van der Waals surface area (Å²) in [5.41, 5.74) is 4.36. The zero-order valence-electron chi connectivity index (χ0n) is 16.9. The van der Waals surface area contributed by atoms with Crippen molar-refractivity contribution in [3.63, 3.8) is 0 Å². The van der Waals surface area contributed by atoms with Crippen LogP contribution in [0, 0.1) is 13.8 Å². The smallest absolute Gasteiger partial charge is 0.256 e. The minimum Gasteiger partial charge on any atom is -0.379 e. The number of hydrogen-bond donors (Lipinski definition) is 1. The molecular weight excluding hydrogens is 380 g/mol. The van der Waals surface area contributed by atoms with E-state index in [2.05, 4.69) is 48.3 Å². The zero-order valence-corrected chi connectivity index (χ0v) is 17.7. The molecule has 2 aromatic carbocycles. The summed E-state index contributed by atoms with van der Waals surface area (Å²) in [6, 6.07) is 20.1. The lowest BCUT2D eigenvalue weighted by Crippen LogP contribution is -2.39. The van der Waals surface area contributed by atoms with Gasteiger partial charge in [-0.3, -0.25) is 9.69 Å². The number of anilines is 1. The number of aryl methyl sites for hydroxylation is 1. The van der Waals surface area contributed by atoms with Gasteiger partial charge in [-0.1, -0.05) is 48.5 Å². The molecule has 3 aromatic rings. The molecule has 2 heterocycles. The molecular formula is C24H26N2O2S. The van der Waals surface area contributed by atoms with E-state index in [0.29, 0.717) is 5.56 Å². The first kappa shape index (κ1) is 19.8. The monoisotopic (exact) mass is 406 g/mol. The maximum Gasteiger partial charge on any atom is 0.256 e. The second kappa shape index (κ2) is 8.91. The van der Waals surface area contributed by atoms with Crippen molar-refractivity contribution >= 4 is 22.2 Å². The number of rotatable bonds is 5.